The molecule has 1 aliphatic carbocycles. The molecule has 8 heteroatoms. The zero-order chi connectivity index (χ0) is 17.8. The molecular formula is C17H20N4O4. The second-order valence-corrected chi connectivity index (χ2v) is 6.33. The summed E-state index contributed by atoms with van der Waals surface area (Å²) in [5, 5.41) is 17.6. The number of nitro groups is 1. The lowest BCUT2D eigenvalue weighted by Crippen LogP contribution is -2.13. The number of nitro benzene ring substituents is 1. The van der Waals surface area contributed by atoms with Crippen LogP contribution in [-0.2, 0) is 11.2 Å². The predicted molar refractivity (Wildman–Crippen MR) is 90.3 cm³/mol. The zero-order valence-electron chi connectivity index (χ0n) is 14.0. The number of aryl methyl sites for hydroxylation is 2. The third-order valence-corrected chi connectivity index (χ3v) is 4.48. The van der Waals surface area contributed by atoms with E-state index in [1.165, 1.54) is 25.0 Å². The molecule has 1 N–H and O–H groups in total. The summed E-state index contributed by atoms with van der Waals surface area (Å²) in [7, 11) is 0. The Morgan fingerprint density at radius 3 is 2.88 bits per heavy atom. The molecule has 0 spiro atoms. The van der Waals surface area contributed by atoms with E-state index in [4.69, 9.17) is 4.52 Å². The van der Waals surface area contributed by atoms with E-state index in [9.17, 15) is 14.9 Å². The number of amides is 1. The summed E-state index contributed by atoms with van der Waals surface area (Å²) in [6, 6.07) is 4.38. The van der Waals surface area contributed by atoms with Gasteiger partial charge in [0.05, 0.1) is 10.6 Å². The Labute approximate surface area is 144 Å². The fourth-order valence-electron chi connectivity index (χ4n) is 3.01. The fourth-order valence-corrected chi connectivity index (χ4v) is 3.01. The number of hydrogen-bond acceptors (Lipinski definition) is 6. The monoisotopic (exact) mass is 344 g/mol. The van der Waals surface area contributed by atoms with E-state index in [1.54, 1.807) is 13.0 Å². The van der Waals surface area contributed by atoms with Gasteiger partial charge in [0.1, 0.15) is 0 Å². The predicted octanol–water partition coefficient (Wildman–Crippen LogP) is 3.52. The summed E-state index contributed by atoms with van der Waals surface area (Å²) in [6.45, 7) is 1.78. The van der Waals surface area contributed by atoms with Crippen LogP contribution in [0.25, 0.3) is 0 Å². The molecule has 0 radical (unpaired) electrons. The van der Waals surface area contributed by atoms with Crippen molar-refractivity contribution >= 4 is 17.3 Å². The van der Waals surface area contributed by atoms with Gasteiger partial charge in [-0.1, -0.05) is 24.1 Å². The summed E-state index contributed by atoms with van der Waals surface area (Å²) in [5.41, 5.74) is 1.15. The minimum Gasteiger partial charge on any atom is -0.339 e. The maximum absolute atomic E-state index is 12.1. The largest absolute Gasteiger partial charge is 0.339 e. The molecule has 0 aliphatic heterocycles. The first-order valence-corrected chi connectivity index (χ1v) is 8.40. The summed E-state index contributed by atoms with van der Waals surface area (Å²) in [6.07, 6.45) is 5.09. The number of non-ortho nitro benzene ring substituents is 1. The molecule has 8 nitrogen and oxygen atoms in total. The summed E-state index contributed by atoms with van der Waals surface area (Å²) in [4.78, 5) is 26.8. The lowest BCUT2D eigenvalue weighted by atomic mass is 10.1. The van der Waals surface area contributed by atoms with Crippen molar-refractivity contribution in [3.8, 4) is 0 Å². The van der Waals surface area contributed by atoms with Crippen LogP contribution in [0.3, 0.4) is 0 Å². The van der Waals surface area contributed by atoms with Gasteiger partial charge < -0.3 is 9.84 Å². The molecule has 1 aromatic carbocycles. The molecule has 0 unspecified atom stereocenters. The number of hydrogen-bond donors (Lipinski definition) is 1. The second kappa shape index (κ2) is 7.42. The Morgan fingerprint density at radius 1 is 1.40 bits per heavy atom. The molecule has 3 rings (SSSR count). The number of carbonyl (C=O) groups is 1. The molecule has 1 fully saturated rings. The molecule has 1 heterocycles. The molecule has 1 aromatic heterocycles. The minimum atomic E-state index is -0.488. The van der Waals surface area contributed by atoms with Crippen molar-refractivity contribution in [3.05, 3.63) is 45.6 Å². The Kier molecular flexibility index (Phi) is 5.06. The van der Waals surface area contributed by atoms with Gasteiger partial charge in [0.15, 0.2) is 5.82 Å². The molecule has 1 amide bonds. The Bertz CT molecular complexity index is 781. The number of aromatic nitrogens is 2. The highest BCUT2D eigenvalue weighted by Gasteiger charge is 2.22. The van der Waals surface area contributed by atoms with Crippen LogP contribution in [0.2, 0.25) is 0 Å². The lowest BCUT2D eigenvalue weighted by molar-refractivity contribution is -0.384. The van der Waals surface area contributed by atoms with Gasteiger partial charge >= 0.3 is 0 Å². The first kappa shape index (κ1) is 17.1. The van der Waals surface area contributed by atoms with Gasteiger partial charge in [-0.25, -0.2) is 0 Å². The molecule has 1 aliphatic rings. The standard InChI is InChI=1S/C17H20N4O4/c1-11-6-7-13(21(23)24)10-14(11)18-15(22)8-9-16-19-17(20-25-16)12-4-2-3-5-12/h6-7,10,12H,2-5,8-9H2,1H3,(H,18,22). The average molecular weight is 344 g/mol. The van der Waals surface area contributed by atoms with E-state index >= 15 is 0 Å². The van der Waals surface area contributed by atoms with Crippen molar-refractivity contribution in [2.75, 3.05) is 5.32 Å². The number of nitrogens with one attached hydrogen (secondary N) is 1. The van der Waals surface area contributed by atoms with Crippen molar-refractivity contribution in [1.29, 1.82) is 0 Å². The van der Waals surface area contributed by atoms with Gasteiger partial charge in [-0.15, -0.1) is 0 Å². The van der Waals surface area contributed by atoms with Crippen LogP contribution < -0.4 is 5.32 Å². The Hall–Kier alpha value is -2.77. The summed E-state index contributed by atoms with van der Waals surface area (Å²) < 4.78 is 5.22. The highest BCUT2D eigenvalue weighted by Crippen LogP contribution is 2.32. The molecule has 132 valence electrons. The van der Waals surface area contributed by atoms with Crippen LogP contribution in [-0.4, -0.2) is 21.0 Å². The zero-order valence-corrected chi connectivity index (χ0v) is 14.0. The van der Waals surface area contributed by atoms with Gasteiger partial charge in [0, 0.05) is 30.9 Å². The molecule has 0 atom stereocenters. The van der Waals surface area contributed by atoms with Gasteiger partial charge in [-0.2, -0.15) is 4.98 Å². The SMILES string of the molecule is Cc1ccc([N+](=O)[O-])cc1NC(=O)CCc1nc(C2CCCC2)no1. The minimum absolute atomic E-state index is 0.0565. The third kappa shape index (κ3) is 4.20. The van der Waals surface area contributed by atoms with E-state index in [0.717, 1.165) is 24.2 Å². The van der Waals surface area contributed by atoms with Crippen LogP contribution in [0.15, 0.2) is 22.7 Å². The Morgan fingerprint density at radius 2 is 2.16 bits per heavy atom. The van der Waals surface area contributed by atoms with E-state index in [2.05, 4.69) is 15.5 Å². The van der Waals surface area contributed by atoms with Gasteiger partial charge in [-0.05, 0) is 25.3 Å². The average Bonchev–Trinajstić information content (AvgIpc) is 3.26. The van der Waals surface area contributed by atoms with Crippen LogP contribution in [0.5, 0.6) is 0 Å². The topological polar surface area (TPSA) is 111 Å². The normalized spacial score (nSPS) is 14.6. The van der Waals surface area contributed by atoms with E-state index < -0.39 is 4.92 Å². The Balaban J connectivity index is 1.56. The molecule has 2 aromatic rings. The number of nitrogens with zero attached hydrogens (tertiary/aromatic N) is 3. The molecule has 0 saturated heterocycles. The highest BCUT2D eigenvalue weighted by atomic mass is 16.6. The van der Waals surface area contributed by atoms with Crippen molar-refractivity contribution in [2.24, 2.45) is 0 Å². The first-order valence-electron chi connectivity index (χ1n) is 8.40. The summed E-state index contributed by atoms with van der Waals surface area (Å²) in [5.74, 6) is 1.32. The van der Waals surface area contributed by atoms with E-state index in [1.807, 2.05) is 0 Å². The second-order valence-electron chi connectivity index (χ2n) is 6.33. The quantitative estimate of drug-likeness (QED) is 0.634. The van der Waals surface area contributed by atoms with Crippen molar-refractivity contribution in [1.82, 2.24) is 10.1 Å². The number of rotatable bonds is 6. The number of anilines is 1. The van der Waals surface area contributed by atoms with Crippen LogP contribution in [0, 0.1) is 17.0 Å². The van der Waals surface area contributed by atoms with Crippen molar-refractivity contribution in [3.63, 3.8) is 0 Å². The van der Waals surface area contributed by atoms with Gasteiger partial charge in [0.2, 0.25) is 11.8 Å². The van der Waals surface area contributed by atoms with Gasteiger partial charge in [0.25, 0.3) is 5.69 Å². The van der Waals surface area contributed by atoms with Crippen LogP contribution in [0.4, 0.5) is 11.4 Å². The maximum Gasteiger partial charge on any atom is 0.271 e. The highest BCUT2D eigenvalue weighted by molar-refractivity contribution is 5.91. The maximum atomic E-state index is 12.1. The van der Waals surface area contributed by atoms with Crippen molar-refractivity contribution in [2.45, 2.75) is 51.4 Å². The lowest BCUT2D eigenvalue weighted by Gasteiger charge is -2.07. The van der Waals surface area contributed by atoms with E-state index in [-0.39, 0.29) is 18.0 Å². The first-order chi connectivity index (χ1) is 12.0. The molecule has 25 heavy (non-hydrogen) atoms. The van der Waals surface area contributed by atoms with Crippen molar-refractivity contribution < 1.29 is 14.2 Å². The molecule has 1 saturated carbocycles. The molecular weight excluding hydrogens is 324 g/mol. The number of benzene rings is 1. The fraction of sp³-hybridized carbons (Fsp3) is 0.471. The third-order valence-electron chi connectivity index (χ3n) is 4.48. The van der Waals surface area contributed by atoms with Crippen LogP contribution >= 0.6 is 0 Å². The van der Waals surface area contributed by atoms with Gasteiger partial charge in [-0.3, -0.25) is 14.9 Å². The van der Waals surface area contributed by atoms with E-state index in [0.29, 0.717) is 23.9 Å². The van der Waals surface area contributed by atoms with Crippen LogP contribution in [0.1, 0.15) is 55.3 Å². The smallest absolute Gasteiger partial charge is 0.271 e. The summed E-state index contributed by atoms with van der Waals surface area (Å²) >= 11 is 0. The number of carbonyl (C=O) groups excluding carboxylic acids is 1. The molecule has 0 bridgehead atoms.